The van der Waals surface area contributed by atoms with E-state index in [-0.39, 0.29) is 12.3 Å². The number of hydrogen-bond acceptors (Lipinski definition) is 2. The van der Waals surface area contributed by atoms with Crippen LogP contribution in [0.4, 0.5) is 0 Å². The van der Waals surface area contributed by atoms with Gasteiger partial charge >= 0.3 is 5.97 Å². The second-order valence-electron chi connectivity index (χ2n) is 5.44. The molecule has 0 heterocycles. The minimum Gasteiger partial charge on any atom is -0.481 e. The third-order valence-electron chi connectivity index (χ3n) is 3.55. The summed E-state index contributed by atoms with van der Waals surface area (Å²) in [6.07, 6.45) is -0.0833. The van der Waals surface area contributed by atoms with Crippen LogP contribution in [0.5, 0.6) is 0 Å². The van der Waals surface area contributed by atoms with E-state index >= 15 is 0 Å². The number of aliphatic carboxylic acids is 1. The number of carboxylic acids is 1. The minimum atomic E-state index is -0.825. The van der Waals surface area contributed by atoms with Crippen LogP contribution in [0.2, 0.25) is 0 Å². The number of hydrogen-bond donors (Lipinski definition) is 2. The van der Waals surface area contributed by atoms with Gasteiger partial charge < -0.3 is 10.2 Å². The molecule has 0 radical (unpaired) electrons. The van der Waals surface area contributed by atoms with Crippen molar-refractivity contribution in [3.8, 4) is 11.1 Å². The first-order valence-electron chi connectivity index (χ1n) is 7.11. The monoisotopic (exact) mass is 284 g/mol. The van der Waals surface area contributed by atoms with Crippen LogP contribution < -0.4 is 0 Å². The Balaban J connectivity index is 2.03. The smallest absolute Gasteiger partial charge is 0.303 e. The van der Waals surface area contributed by atoms with E-state index in [0.717, 1.165) is 16.7 Å². The molecule has 0 aliphatic heterocycles. The summed E-state index contributed by atoms with van der Waals surface area (Å²) >= 11 is 0. The van der Waals surface area contributed by atoms with Crippen LogP contribution in [-0.2, 0) is 4.79 Å². The third kappa shape index (κ3) is 4.43. The number of aliphatic hydroxyl groups excluding tert-OH is 1. The molecule has 0 bridgehead atoms. The van der Waals surface area contributed by atoms with Crippen LogP contribution in [0.15, 0.2) is 54.6 Å². The van der Waals surface area contributed by atoms with E-state index in [1.165, 1.54) is 0 Å². The lowest BCUT2D eigenvalue weighted by atomic mass is 9.94. The summed E-state index contributed by atoms with van der Waals surface area (Å²) < 4.78 is 0. The van der Waals surface area contributed by atoms with Crippen molar-refractivity contribution in [3.05, 3.63) is 60.2 Å². The van der Waals surface area contributed by atoms with Gasteiger partial charge in [0, 0.05) is 6.42 Å². The Labute approximate surface area is 124 Å². The van der Waals surface area contributed by atoms with Gasteiger partial charge in [0.05, 0.1) is 6.10 Å². The van der Waals surface area contributed by atoms with Crippen molar-refractivity contribution in [3.63, 3.8) is 0 Å². The Kier molecular flexibility index (Phi) is 5.12. The number of carbonyl (C=O) groups is 1. The zero-order chi connectivity index (χ0) is 15.2. The van der Waals surface area contributed by atoms with Crippen molar-refractivity contribution in [1.82, 2.24) is 0 Å². The lowest BCUT2D eigenvalue weighted by molar-refractivity contribution is -0.138. The third-order valence-corrected chi connectivity index (χ3v) is 3.55. The average molecular weight is 284 g/mol. The zero-order valence-electron chi connectivity index (χ0n) is 12.1. The maximum atomic E-state index is 10.6. The fourth-order valence-corrected chi connectivity index (χ4v) is 2.43. The summed E-state index contributed by atoms with van der Waals surface area (Å²) in [7, 11) is 0. The molecule has 3 heteroatoms. The van der Waals surface area contributed by atoms with Crippen molar-refractivity contribution >= 4 is 5.97 Å². The maximum Gasteiger partial charge on any atom is 0.303 e. The SMILES string of the molecule is CC(CC(=O)O)CC(O)c1ccc(-c2ccccc2)cc1. The van der Waals surface area contributed by atoms with Crippen LogP contribution >= 0.6 is 0 Å². The highest BCUT2D eigenvalue weighted by Gasteiger charge is 2.15. The number of benzene rings is 2. The van der Waals surface area contributed by atoms with Gasteiger partial charge in [-0.15, -0.1) is 0 Å². The van der Waals surface area contributed by atoms with Gasteiger partial charge in [-0.1, -0.05) is 61.5 Å². The Bertz CT molecular complexity index is 575. The summed E-state index contributed by atoms with van der Waals surface area (Å²) in [5.74, 6) is -0.875. The van der Waals surface area contributed by atoms with Crippen molar-refractivity contribution in [2.45, 2.75) is 25.9 Å². The molecule has 0 aliphatic rings. The lowest BCUT2D eigenvalue weighted by Gasteiger charge is -2.15. The van der Waals surface area contributed by atoms with Crippen molar-refractivity contribution in [1.29, 1.82) is 0 Å². The topological polar surface area (TPSA) is 57.5 Å². The van der Waals surface area contributed by atoms with Crippen LogP contribution in [0, 0.1) is 5.92 Å². The number of carboxylic acid groups (broad SMARTS) is 1. The van der Waals surface area contributed by atoms with Crippen LogP contribution in [0.25, 0.3) is 11.1 Å². The van der Waals surface area contributed by atoms with Gasteiger partial charge in [0.2, 0.25) is 0 Å². The highest BCUT2D eigenvalue weighted by atomic mass is 16.4. The first-order chi connectivity index (χ1) is 10.1. The second kappa shape index (κ2) is 7.04. The van der Waals surface area contributed by atoms with Gasteiger partial charge in [0.25, 0.3) is 0 Å². The summed E-state index contributed by atoms with van der Waals surface area (Å²) in [5.41, 5.74) is 3.06. The largest absolute Gasteiger partial charge is 0.481 e. The molecule has 0 amide bonds. The molecule has 0 saturated carbocycles. The van der Waals surface area contributed by atoms with Gasteiger partial charge in [-0.2, -0.15) is 0 Å². The molecule has 0 saturated heterocycles. The van der Waals surface area contributed by atoms with E-state index in [4.69, 9.17) is 5.11 Å². The Hall–Kier alpha value is -2.13. The molecule has 2 aromatic carbocycles. The zero-order valence-corrected chi connectivity index (χ0v) is 12.1. The van der Waals surface area contributed by atoms with E-state index in [9.17, 15) is 9.90 Å². The molecule has 2 aromatic rings. The normalized spacial score (nSPS) is 13.6. The Morgan fingerprint density at radius 3 is 2.14 bits per heavy atom. The molecule has 0 aliphatic carbocycles. The first-order valence-corrected chi connectivity index (χ1v) is 7.11. The molecule has 3 nitrogen and oxygen atoms in total. The van der Waals surface area contributed by atoms with Crippen LogP contribution in [0.1, 0.15) is 31.4 Å². The standard InChI is InChI=1S/C18H20O3/c1-13(12-18(20)21)11-17(19)16-9-7-15(8-10-16)14-5-3-2-4-6-14/h2-10,13,17,19H,11-12H2,1H3,(H,20,21). The molecule has 110 valence electrons. The molecule has 2 atom stereocenters. The van der Waals surface area contributed by atoms with Gasteiger partial charge in [-0.25, -0.2) is 0 Å². The molecule has 2 rings (SSSR count). The second-order valence-corrected chi connectivity index (χ2v) is 5.44. The Morgan fingerprint density at radius 2 is 1.57 bits per heavy atom. The molecular formula is C18H20O3. The van der Waals surface area contributed by atoms with Crippen LogP contribution in [-0.4, -0.2) is 16.2 Å². The number of aliphatic hydroxyl groups is 1. The molecule has 2 N–H and O–H groups in total. The van der Waals surface area contributed by atoms with Crippen LogP contribution in [0.3, 0.4) is 0 Å². The molecule has 0 aromatic heterocycles. The van der Waals surface area contributed by atoms with Gasteiger partial charge in [0.1, 0.15) is 0 Å². The van der Waals surface area contributed by atoms with Gasteiger partial charge in [-0.05, 0) is 29.0 Å². The summed E-state index contributed by atoms with van der Waals surface area (Å²) in [6.45, 7) is 1.84. The highest BCUT2D eigenvalue weighted by Crippen LogP contribution is 2.26. The van der Waals surface area contributed by atoms with Crippen molar-refractivity contribution < 1.29 is 15.0 Å². The predicted molar refractivity (Wildman–Crippen MR) is 82.9 cm³/mol. The number of rotatable bonds is 6. The van der Waals surface area contributed by atoms with E-state index in [1.54, 1.807) is 0 Å². The van der Waals surface area contributed by atoms with Gasteiger partial charge in [0.15, 0.2) is 0 Å². The highest BCUT2D eigenvalue weighted by molar-refractivity contribution is 5.67. The molecule has 0 spiro atoms. The predicted octanol–water partition coefficient (Wildman–Crippen LogP) is 3.89. The summed E-state index contributed by atoms with van der Waals surface area (Å²) in [4.78, 5) is 10.6. The van der Waals surface area contributed by atoms with E-state index in [0.29, 0.717) is 6.42 Å². The lowest BCUT2D eigenvalue weighted by Crippen LogP contribution is -2.09. The average Bonchev–Trinajstić information content (AvgIpc) is 2.47. The summed E-state index contributed by atoms with van der Waals surface area (Å²) in [5, 5.41) is 18.9. The summed E-state index contributed by atoms with van der Waals surface area (Å²) in [6, 6.07) is 17.8. The minimum absolute atomic E-state index is 0.0497. The molecule has 0 fully saturated rings. The fraction of sp³-hybridized carbons (Fsp3) is 0.278. The van der Waals surface area contributed by atoms with E-state index in [2.05, 4.69) is 0 Å². The van der Waals surface area contributed by atoms with E-state index < -0.39 is 12.1 Å². The maximum absolute atomic E-state index is 10.6. The molecule has 2 unspecified atom stereocenters. The molecular weight excluding hydrogens is 264 g/mol. The van der Waals surface area contributed by atoms with Crippen molar-refractivity contribution in [2.24, 2.45) is 5.92 Å². The molecule has 21 heavy (non-hydrogen) atoms. The quantitative estimate of drug-likeness (QED) is 0.846. The fourth-order valence-electron chi connectivity index (χ4n) is 2.43. The van der Waals surface area contributed by atoms with Crippen molar-refractivity contribution in [2.75, 3.05) is 0 Å². The van der Waals surface area contributed by atoms with Gasteiger partial charge in [-0.3, -0.25) is 4.79 Å². The Morgan fingerprint density at radius 1 is 1.00 bits per heavy atom. The van der Waals surface area contributed by atoms with E-state index in [1.807, 2.05) is 61.5 Å². The first kappa shape index (κ1) is 15.3.